The van der Waals surface area contributed by atoms with Crippen LogP contribution in [0.5, 0.6) is 0 Å². The van der Waals surface area contributed by atoms with Crippen LogP contribution in [0.4, 0.5) is 0 Å². The lowest BCUT2D eigenvalue weighted by atomic mass is 9.80. The summed E-state index contributed by atoms with van der Waals surface area (Å²) in [6.07, 6.45) is 1.52. The van der Waals surface area contributed by atoms with E-state index in [9.17, 15) is 9.90 Å². The van der Waals surface area contributed by atoms with Gasteiger partial charge in [-0.2, -0.15) is 0 Å². The van der Waals surface area contributed by atoms with Crippen molar-refractivity contribution in [1.29, 1.82) is 0 Å². The molecule has 0 spiro atoms. The maximum atomic E-state index is 11.5. The van der Waals surface area contributed by atoms with E-state index in [0.717, 1.165) is 12.8 Å². The molecule has 3 atom stereocenters. The molecule has 1 aromatic carbocycles. The van der Waals surface area contributed by atoms with Crippen molar-refractivity contribution in [3.8, 4) is 0 Å². The first-order valence-corrected chi connectivity index (χ1v) is 6.45. The highest BCUT2D eigenvalue weighted by atomic mass is 16.5. The molecule has 1 aliphatic heterocycles. The molecule has 18 heavy (non-hydrogen) atoms. The Morgan fingerprint density at radius 3 is 2.72 bits per heavy atom. The van der Waals surface area contributed by atoms with Crippen molar-refractivity contribution in [2.75, 3.05) is 0 Å². The Balaban J connectivity index is 1.98. The summed E-state index contributed by atoms with van der Waals surface area (Å²) < 4.78 is 5.36. The number of aryl methyl sites for hydroxylation is 1. The van der Waals surface area contributed by atoms with Crippen LogP contribution >= 0.6 is 0 Å². The molecule has 1 fully saturated rings. The van der Waals surface area contributed by atoms with Gasteiger partial charge in [0.1, 0.15) is 6.10 Å². The number of carbonyl (C=O) groups is 1. The predicted octanol–water partition coefficient (Wildman–Crippen LogP) is 2.32. The van der Waals surface area contributed by atoms with Gasteiger partial charge in [-0.05, 0) is 25.3 Å². The van der Waals surface area contributed by atoms with Crippen molar-refractivity contribution in [3.63, 3.8) is 0 Å². The highest BCUT2D eigenvalue weighted by molar-refractivity contribution is 5.72. The third kappa shape index (κ3) is 2.91. The van der Waals surface area contributed by atoms with E-state index in [2.05, 4.69) is 12.1 Å². The van der Waals surface area contributed by atoms with Crippen LogP contribution in [0.3, 0.4) is 0 Å². The SMILES string of the molecule is CC1C(CCc2ccccc2)OC(=O)CC1(C)O. The van der Waals surface area contributed by atoms with E-state index in [4.69, 9.17) is 4.74 Å². The fraction of sp³-hybridized carbons (Fsp3) is 0.533. The fourth-order valence-electron chi connectivity index (χ4n) is 2.43. The molecule has 1 aromatic rings. The molecular weight excluding hydrogens is 228 g/mol. The van der Waals surface area contributed by atoms with Crippen molar-refractivity contribution in [3.05, 3.63) is 35.9 Å². The molecule has 1 heterocycles. The molecule has 0 amide bonds. The lowest BCUT2D eigenvalue weighted by molar-refractivity contribution is -0.180. The molecule has 0 saturated carbocycles. The van der Waals surface area contributed by atoms with Gasteiger partial charge >= 0.3 is 5.97 Å². The number of rotatable bonds is 3. The van der Waals surface area contributed by atoms with E-state index in [0.29, 0.717) is 0 Å². The first kappa shape index (κ1) is 13.1. The summed E-state index contributed by atoms with van der Waals surface area (Å²) in [7, 11) is 0. The first-order valence-electron chi connectivity index (χ1n) is 6.45. The molecule has 1 saturated heterocycles. The van der Waals surface area contributed by atoms with Crippen LogP contribution in [0.2, 0.25) is 0 Å². The second-order valence-corrected chi connectivity index (χ2v) is 5.38. The van der Waals surface area contributed by atoms with Crippen LogP contribution < -0.4 is 0 Å². The number of hydrogen-bond acceptors (Lipinski definition) is 3. The highest BCUT2D eigenvalue weighted by Gasteiger charge is 2.42. The van der Waals surface area contributed by atoms with Crippen molar-refractivity contribution in [1.82, 2.24) is 0 Å². The number of benzene rings is 1. The van der Waals surface area contributed by atoms with Gasteiger partial charge in [-0.1, -0.05) is 37.3 Å². The maximum absolute atomic E-state index is 11.5. The van der Waals surface area contributed by atoms with Gasteiger partial charge in [-0.3, -0.25) is 4.79 Å². The first-order chi connectivity index (χ1) is 8.49. The largest absolute Gasteiger partial charge is 0.462 e. The van der Waals surface area contributed by atoms with E-state index in [1.54, 1.807) is 6.92 Å². The summed E-state index contributed by atoms with van der Waals surface area (Å²) in [4.78, 5) is 11.5. The Kier molecular flexibility index (Phi) is 3.71. The van der Waals surface area contributed by atoms with Crippen LogP contribution in [-0.2, 0) is 16.0 Å². The minimum absolute atomic E-state index is 0.0288. The Hall–Kier alpha value is -1.35. The molecule has 0 aromatic heterocycles. The van der Waals surface area contributed by atoms with Crippen LogP contribution in [-0.4, -0.2) is 22.8 Å². The molecular formula is C15H20O3. The molecule has 98 valence electrons. The summed E-state index contributed by atoms with van der Waals surface area (Å²) in [5, 5.41) is 10.2. The summed E-state index contributed by atoms with van der Waals surface area (Å²) >= 11 is 0. The molecule has 0 aliphatic carbocycles. The maximum Gasteiger partial charge on any atom is 0.308 e. The third-order valence-electron chi connectivity index (χ3n) is 3.88. The average molecular weight is 248 g/mol. The Morgan fingerprint density at radius 1 is 1.39 bits per heavy atom. The van der Waals surface area contributed by atoms with Gasteiger partial charge in [0.2, 0.25) is 0 Å². The van der Waals surface area contributed by atoms with Gasteiger partial charge in [0.25, 0.3) is 0 Å². The number of hydrogen-bond donors (Lipinski definition) is 1. The van der Waals surface area contributed by atoms with Crippen molar-refractivity contribution < 1.29 is 14.6 Å². The van der Waals surface area contributed by atoms with Crippen LogP contribution in [0, 0.1) is 5.92 Å². The second kappa shape index (κ2) is 5.11. The van der Waals surface area contributed by atoms with Gasteiger partial charge in [0.05, 0.1) is 12.0 Å². The summed E-state index contributed by atoms with van der Waals surface area (Å²) in [5.74, 6) is -0.324. The number of esters is 1. The minimum Gasteiger partial charge on any atom is -0.462 e. The number of cyclic esters (lactones) is 1. The van der Waals surface area contributed by atoms with Crippen LogP contribution in [0.1, 0.15) is 32.3 Å². The zero-order valence-electron chi connectivity index (χ0n) is 10.9. The number of ether oxygens (including phenoxy) is 1. The number of carbonyl (C=O) groups excluding carboxylic acids is 1. The van der Waals surface area contributed by atoms with Crippen molar-refractivity contribution in [2.24, 2.45) is 5.92 Å². The zero-order chi connectivity index (χ0) is 13.2. The average Bonchev–Trinajstić information content (AvgIpc) is 2.33. The van der Waals surface area contributed by atoms with E-state index in [-0.39, 0.29) is 24.4 Å². The zero-order valence-corrected chi connectivity index (χ0v) is 10.9. The van der Waals surface area contributed by atoms with E-state index in [1.165, 1.54) is 5.56 Å². The highest BCUT2D eigenvalue weighted by Crippen LogP contribution is 2.33. The monoisotopic (exact) mass is 248 g/mol. The molecule has 3 nitrogen and oxygen atoms in total. The topological polar surface area (TPSA) is 46.5 Å². The van der Waals surface area contributed by atoms with E-state index < -0.39 is 5.60 Å². The molecule has 3 heteroatoms. The normalized spacial score (nSPS) is 32.1. The van der Waals surface area contributed by atoms with Crippen molar-refractivity contribution in [2.45, 2.75) is 44.8 Å². The lowest BCUT2D eigenvalue weighted by Gasteiger charge is -2.39. The van der Waals surface area contributed by atoms with Gasteiger partial charge in [0, 0.05) is 5.92 Å². The van der Waals surface area contributed by atoms with Gasteiger partial charge < -0.3 is 9.84 Å². The van der Waals surface area contributed by atoms with Gasteiger partial charge in [-0.25, -0.2) is 0 Å². The third-order valence-corrected chi connectivity index (χ3v) is 3.88. The molecule has 0 bridgehead atoms. The summed E-state index contributed by atoms with van der Waals surface area (Å²) in [6, 6.07) is 10.1. The number of aliphatic hydroxyl groups is 1. The van der Waals surface area contributed by atoms with E-state index in [1.807, 2.05) is 25.1 Å². The molecule has 3 unspecified atom stereocenters. The summed E-state index contributed by atoms with van der Waals surface area (Å²) in [5.41, 5.74) is 0.280. The minimum atomic E-state index is -0.948. The van der Waals surface area contributed by atoms with Crippen molar-refractivity contribution >= 4 is 5.97 Å². The van der Waals surface area contributed by atoms with Gasteiger partial charge in [0.15, 0.2) is 0 Å². The quantitative estimate of drug-likeness (QED) is 0.835. The molecule has 0 radical (unpaired) electrons. The van der Waals surface area contributed by atoms with E-state index >= 15 is 0 Å². The molecule has 2 rings (SSSR count). The standard InChI is InChI=1S/C15H20O3/c1-11-13(18-14(16)10-15(11,2)17)9-8-12-6-4-3-5-7-12/h3-7,11,13,17H,8-10H2,1-2H3. The smallest absolute Gasteiger partial charge is 0.308 e. The Bertz CT molecular complexity index is 411. The fourth-order valence-corrected chi connectivity index (χ4v) is 2.43. The Morgan fingerprint density at radius 2 is 2.06 bits per heavy atom. The second-order valence-electron chi connectivity index (χ2n) is 5.38. The lowest BCUT2D eigenvalue weighted by Crippen LogP contribution is -2.49. The predicted molar refractivity (Wildman–Crippen MR) is 69.0 cm³/mol. The van der Waals surface area contributed by atoms with Crippen LogP contribution in [0.15, 0.2) is 30.3 Å². The van der Waals surface area contributed by atoms with Crippen LogP contribution in [0.25, 0.3) is 0 Å². The van der Waals surface area contributed by atoms with Gasteiger partial charge in [-0.15, -0.1) is 0 Å². The summed E-state index contributed by atoms with van der Waals surface area (Å²) in [6.45, 7) is 3.66. The molecule has 1 N–H and O–H groups in total. The Labute approximate surface area is 108 Å². The molecule has 1 aliphatic rings.